The van der Waals surface area contributed by atoms with Gasteiger partial charge in [-0.3, -0.25) is 10.1 Å². The molecule has 0 heterocycles. The first kappa shape index (κ1) is 58.3. The Morgan fingerprint density at radius 2 is 1.02 bits per heavy atom. The molecule has 0 aromatic heterocycles. The van der Waals surface area contributed by atoms with Crippen LogP contribution in [0.4, 0.5) is 0 Å². The molecule has 0 N–H and O–H groups in total. The first-order valence-corrected chi connectivity index (χ1v) is 17.2. The molecule has 10 heteroatoms. The number of halogens is 3. The van der Waals surface area contributed by atoms with E-state index in [0.717, 1.165) is 54.1 Å². The van der Waals surface area contributed by atoms with Gasteiger partial charge in [-0.2, -0.15) is 12.8 Å². The summed E-state index contributed by atoms with van der Waals surface area (Å²) in [5.41, 5.74) is 3.88. The molecule has 0 unspecified atom stereocenters. The maximum atomic E-state index is 10.9. The fraction of sp³-hybridized carbons (Fsp3) is 0.275. The summed E-state index contributed by atoms with van der Waals surface area (Å²) in [5, 5.41) is 24.5. The standard InChI is InChI=1S/C17H17NO.C14H11NO2.C3H7I.2C3H7.2HI.2Mg/c1-2-13-17(14-18-19,15-9-5-3-6-10-15)16-11-7-4-8-12-16;16-15(17)11-14(12-7-3-1-4-8-12)13-9-5-2-6-10-13;1-2-3-4;2*1-3-2;;;;/h3-12H,2,13H2,1H3;1-11H;2-3H2,1H3;2*1,3H2,2H3;2*1H;;/q;;;2*-1;;;2*+2/p-2. The van der Waals surface area contributed by atoms with Gasteiger partial charge in [0.15, 0.2) is 5.41 Å². The predicted octanol–water partition coefficient (Wildman–Crippen LogP) is 5.49. The van der Waals surface area contributed by atoms with Crippen LogP contribution in [0.15, 0.2) is 128 Å². The third kappa shape index (κ3) is 24.3. The van der Waals surface area contributed by atoms with Gasteiger partial charge in [-0.25, -0.2) is 0 Å². The van der Waals surface area contributed by atoms with Crippen molar-refractivity contribution in [3.05, 3.63) is 184 Å². The van der Waals surface area contributed by atoms with E-state index >= 15 is 0 Å². The van der Waals surface area contributed by atoms with Crippen LogP contribution in [0, 0.1) is 35.2 Å². The molecule has 4 aromatic carbocycles. The molecule has 0 atom stereocenters. The molecule has 50 heavy (non-hydrogen) atoms. The number of rotatable bonds is 8. The van der Waals surface area contributed by atoms with Gasteiger partial charge in [-0.15, -0.1) is 0 Å². The van der Waals surface area contributed by atoms with Crippen LogP contribution < -0.4 is 48.0 Å². The van der Waals surface area contributed by atoms with E-state index in [9.17, 15) is 15.3 Å². The second-order valence-corrected chi connectivity index (χ2v) is 10.9. The van der Waals surface area contributed by atoms with Gasteiger partial charge in [-0.1, -0.05) is 178 Å². The van der Waals surface area contributed by atoms with Gasteiger partial charge in [-0.05, 0) is 39.5 Å². The summed E-state index contributed by atoms with van der Waals surface area (Å²) in [6, 6.07) is 41.5. The monoisotopic (exact) mass is 1030 g/mol. The summed E-state index contributed by atoms with van der Waals surface area (Å²) < 4.78 is 1.29. The van der Waals surface area contributed by atoms with E-state index in [1.807, 2.05) is 135 Å². The van der Waals surface area contributed by atoms with Crippen molar-refractivity contribution in [3.8, 4) is 6.07 Å². The minimum Gasteiger partial charge on any atom is -1.00 e. The molecular formula is C40H49I3Mg2N2O3. The van der Waals surface area contributed by atoms with Crippen molar-refractivity contribution in [1.29, 1.82) is 0 Å². The topological polar surface area (TPSA) is 70.6 Å². The van der Waals surface area contributed by atoms with Crippen LogP contribution >= 0.6 is 22.6 Å². The van der Waals surface area contributed by atoms with Crippen LogP contribution in [0.3, 0.4) is 0 Å². The van der Waals surface area contributed by atoms with Gasteiger partial charge in [0.25, 0.3) is 0 Å². The van der Waals surface area contributed by atoms with Gasteiger partial charge < -0.3 is 67.0 Å². The molecule has 5 nitrogen and oxygen atoms in total. The average Bonchev–Trinajstić information content (AvgIpc) is 3.09. The van der Waals surface area contributed by atoms with Crippen molar-refractivity contribution < 1.29 is 52.9 Å². The van der Waals surface area contributed by atoms with Gasteiger partial charge in [0.2, 0.25) is 6.20 Å². The molecule has 0 bridgehead atoms. The summed E-state index contributed by atoms with van der Waals surface area (Å²) >= 11 is 2.35. The van der Waals surface area contributed by atoms with Crippen LogP contribution in [0.25, 0.3) is 10.6 Å². The number of alkyl halides is 1. The van der Waals surface area contributed by atoms with E-state index in [0.29, 0.717) is 5.57 Å². The zero-order valence-corrected chi connectivity index (χ0v) is 39.2. The smallest absolute Gasteiger partial charge is 1.00 e. The summed E-state index contributed by atoms with van der Waals surface area (Å²) in [7, 11) is 0. The van der Waals surface area contributed by atoms with Crippen molar-refractivity contribution >= 4 is 74.3 Å². The molecule has 4 rings (SSSR count). The molecule has 4 aromatic rings. The number of hydrogen-bond acceptors (Lipinski definition) is 3. The number of hydrogen-bond donors (Lipinski definition) is 0. The molecule has 0 fully saturated rings. The van der Waals surface area contributed by atoms with Crippen LogP contribution in [-0.4, -0.2) is 55.5 Å². The van der Waals surface area contributed by atoms with Crippen molar-refractivity contribution in [2.24, 2.45) is 0 Å². The molecule has 0 aliphatic carbocycles. The Bertz CT molecular complexity index is 1320. The Balaban J connectivity index is -0.000000201. The summed E-state index contributed by atoms with van der Waals surface area (Å²) in [6.45, 7) is 15.3. The largest absolute Gasteiger partial charge is 2.00 e. The van der Waals surface area contributed by atoms with E-state index < -0.39 is 10.3 Å². The minimum absolute atomic E-state index is 0. The molecule has 0 spiro atoms. The van der Waals surface area contributed by atoms with Crippen LogP contribution in [0.5, 0.6) is 0 Å². The Kier molecular flexibility index (Phi) is 45.8. The quantitative estimate of drug-likeness (QED) is 0.0586. The summed E-state index contributed by atoms with van der Waals surface area (Å²) in [4.78, 5) is 10.3. The Labute approximate surface area is 382 Å². The number of nitrogens with zero attached hydrogens (tertiary/aromatic N) is 2. The summed E-state index contributed by atoms with van der Waals surface area (Å²) in [6.07, 6.45) is 6.12. The van der Waals surface area contributed by atoms with E-state index in [4.69, 9.17) is 0 Å². The molecule has 0 amide bonds. The van der Waals surface area contributed by atoms with Crippen molar-refractivity contribution in [2.45, 2.75) is 65.2 Å². The maximum Gasteiger partial charge on any atom is 2.00 e. The molecule has 0 aliphatic heterocycles. The fourth-order valence-electron chi connectivity index (χ4n) is 4.20. The molecule has 262 valence electrons. The van der Waals surface area contributed by atoms with Gasteiger partial charge >= 0.3 is 52.2 Å². The van der Waals surface area contributed by atoms with Gasteiger partial charge in [0, 0.05) is 5.01 Å². The fourth-order valence-corrected chi connectivity index (χ4v) is 4.20. The Hall–Kier alpha value is -0.968. The van der Waals surface area contributed by atoms with E-state index in [-0.39, 0.29) is 94.1 Å². The van der Waals surface area contributed by atoms with Crippen LogP contribution in [0.1, 0.15) is 82.1 Å². The van der Waals surface area contributed by atoms with Gasteiger partial charge in [0.05, 0.1) is 10.5 Å². The van der Waals surface area contributed by atoms with Crippen molar-refractivity contribution in [2.75, 3.05) is 4.43 Å². The Morgan fingerprint density at radius 3 is 1.26 bits per heavy atom. The third-order valence-corrected chi connectivity index (χ3v) is 7.07. The first-order chi connectivity index (χ1) is 22.3. The van der Waals surface area contributed by atoms with Gasteiger partial charge in [0.1, 0.15) is 0 Å². The first-order valence-electron chi connectivity index (χ1n) is 15.7. The molecule has 0 saturated heterocycles. The zero-order chi connectivity index (χ0) is 34.5. The average molecular weight is 1040 g/mol. The molecule has 0 saturated carbocycles. The van der Waals surface area contributed by atoms with Crippen molar-refractivity contribution in [1.82, 2.24) is 0 Å². The van der Waals surface area contributed by atoms with Crippen LogP contribution in [0.2, 0.25) is 0 Å². The summed E-state index contributed by atoms with van der Waals surface area (Å²) in [5.74, 6) is 0. The van der Waals surface area contributed by atoms with E-state index in [1.54, 1.807) is 0 Å². The zero-order valence-electron chi connectivity index (χ0n) is 29.9. The Morgan fingerprint density at radius 1 is 0.720 bits per heavy atom. The number of nitro groups is 1. The van der Waals surface area contributed by atoms with Crippen molar-refractivity contribution in [3.63, 3.8) is 0 Å². The second-order valence-electron chi connectivity index (χ2n) is 9.84. The number of benzene rings is 4. The molecule has 0 aliphatic rings. The second kappa shape index (κ2) is 39.2. The van der Waals surface area contributed by atoms with E-state index in [1.165, 1.54) is 10.8 Å². The maximum absolute atomic E-state index is 10.9. The van der Waals surface area contributed by atoms with E-state index in [2.05, 4.69) is 61.4 Å². The third-order valence-electron chi connectivity index (χ3n) is 5.99. The SMILES string of the molecule is CCCC(C#[N+][O-])(c1ccccc1)c1ccccc1.CCCI.O=[N+]([O-])C=C(c1ccccc1)c1ccccc1.[CH2-]CC.[CH2-]CC.[I-].[I-].[Mg+2].[Mg+2]. The minimum atomic E-state index is -0.543. The predicted molar refractivity (Wildman–Crippen MR) is 218 cm³/mol. The molecule has 0 radical (unpaired) electrons. The molecular weight excluding hydrogens is 986 g/mol. The van der Waals surface area contributed by atoms with Crippen LogP contribution in [-0.2, 0) is 5.41 Å². The normalized spacial score (nSPS) is 8.62.